The Balaban J connectivity index is 1.49. The van der Waals surface area contributed by atoms with Crippen LogP contribution in [-0.4, -0.2) is 79.8 Å². The van der Waals surface area contributed by atoms with Crippen molar-refractivity contribution in [1.29, 1.82) is 0 Å². The molecule has 0 spiro atoms. The molecule has 0 aromatic carbocycles. The van der Waals surface area contributed by atoms with Gasteiger partial charge in [-0.15, -0.1) is 11.8 Å². The Hall–Kier alpha value is -1.19. The lowest BCUT2D eigenvalue weighted by Crippen LogP contribution is -2.63. The van der Waals surface area contributed by atoms with Gasteiger partial charge in [-0.25, -0.2) is 4.79 Å². The minimum atomic E-state index is -1.05. The van der Waals surface area contributed by atoms with Crippen molar-refractivity contribution in [1.82, 2.24) is 9.80 Å². The molecule has 2 N–H and O–H groups in total. The number of hydrogen-bond donors (Lipinski definition) is 2. The zero-order valence-electron chi connectivity index (χ0n) is 14.1. The molecule has 7 nitrogen and oxygen atoms in total. The fraction of sp³-hybridized carbons (Fsp3) is 0.688. The van der Waals surface area contributed by atoms with Crippen LogP contribution in [0.5, 0.6) is 0 Å². The molecule has 2 fully saturated rings. The van der Waals surface area contributed by atoms with E-state index < -0.39 is 18.0 Å². The molecule has 9 heteroatoms. The second-order valence-corrected chi connectivity index (χ2v) is 9.33. The van der Waals surface area contributed by atoms with E-state index in [0.29, 0.717) is 5.25 Å². The number of aliphatic hydroxyl groups excluding tert-OH is 1. The highest BCUT2D eigenvalue weighted by molar-refractivity contribution is 8.14. The number of amides is 1. The molecule has 0 saturated carbocycles. The van der Waals surface area contributed by atoms with Crippen LogP contribution in [-0.2, 0) is 9.59 Å². The summed E-state index contributed by atoms with van der Waals surface area (Å²) in [4.78, 5) is 33.0. The van der Waals surface area contributed by atoms with E-state index in [4.69, 9.17) is 0 Å². The molecule has 4 aliphatic rings. The average molecular weight is 383 g/mol. The number of β-lactam (4-membered cyclic amide) rings is 1. The molecular weight excluding hydrogens is 362 g/mol. The van der Waals surface area contributed by atoms with Crippen molar-refractivity contribution in [2.24, 2.45) is 16.8 Å². The number of fused-ring (bicyclic) bond motifs is 1. The number of rotatable bonds is 4. The number of thioether (sulfide) groups is 2. The Morgan fingerprint density at radius 1 is 1.44 bits per heavy atom. The summed E-state index contributed by atoms with van der Waals surface area (Å²) in [6.07, 6.45) is -0.757. The van der Waals surface area contributed by atoms with E-state index in [-0.39, 0.29) is 23.6 Å². The predicted octanol–water partition coefficient (Wildman–Crippen LogP) is 0.660. The summed E-state index contributed by atoms with van der Waals surface area (Å²) in [5.74, 6) is -0.841. The molecule has 0 aromatic rings. The minimum Gasteiger partial charge on any atom is -0.477 e. The lowest BCUT2D eigenvalue weighted by atomic mass is 9.79. The average Bonchev–Trinajstić information content (AvgIpc) is 3.08. The number of carboxylic acids is 1. The van der Waals surface area contributed by atoms with Crippen LogP contribution in [0.1, 0.15) is 13.8 Å². The summed E-state index contributed by atoms with van der Waals surface area (Å²) in [6.45, 7) is 6.16. The Bertz CT molecular complexity index is 687. The largest absolute Gasteiger partial charge is 0.477 e. The molecule has 0 aliphatic carbocycles. The molecule has 0 bridgehead atoms. The van der Waals surface area contributed by atoms with E-state index in [2.05, 4.69) is 9.89 Å². The van der Waals surface area contributed by atoms with Crippen molar-refractivity contribution in [3.05, 3.63) is 10.6 Å². The molecule has 1 amide bonds. The van der Waals surface area contributed by atoms with E-state index in [9.17, 15) is 19.8 Å². The zero-order chi connectivity index (χ0) is 17.9. The highest BCUT2D eigenvalue weighted by Crippen LogP contribution is 2.52. The third-order valence-electron chi connectivity index (χ3n) is 5.29. The highest BCUT2D eigenvalue weighted by Gasteiger charge is 2.60. The molecule has 4 rings (SSSR count). The van der Waals surface area contributed by atoms with E-state index in [1.54, 1.807) is 30.4 Å². The first-order chi connectivity index (χ1) is 11.9. The summed E-state index contributed by atoms with van der Waals surface area (Å²) in [6, 6.07) is -0.230. The van der Waals surface area contributed by atoms with E-state index in [1.807, 2.05) is 6.92 Å². The monoisotopic (exact) mass is 383 g/mol. The fourth-order valence-electron chi connectivity index (χ4n) is 4.04. The van der Waals surface area contributed by atoms with Gasteiger partial charge >= 0.3 is 5.97 Å². The maximum absolute atomic E-state index is 12.3. The normalized spacial score (nSPS) is 33.2. The molecule has 0 radical (unpaired) electrons. The molecule has 25 heavy (non-hydrogen) atoms. The maximum atomic E-state index is 12.3. The van der Waals surface area contributed by atoms with E-state index in [0.717, 1.165) is 35.5 Å². The van der Waals surface area contributed by atoms with Gasteiger partial charge in [0.1, 0.15) is 5.70 Å². The van der Waals surface area contributed by atoms with Gasteiger partial charge in [0.05, 0.1) is 24.6 Å². The van der Waals surface area contributed by atoms with Gasteiger partial charge in [0.25, 0.3) is 0 Å². The Labute approximate surface area is 154 Å². The number of likely N-dealkylation sites (tertiary alicyclic amines) is 1. The SMILES string of the molecule is C[C@@H]1C(SC2CN(C3=NCCS3)C2)=C(C(=O)O)N2C(=O)[C@H]([C@@H](C)O)[C@@H]12. The number of aliphatic imine (C=N–C) groups is 1. The second-order valence-electron chi connectivity index (χ2n) is 6.93. The van der Waals surface area contributed by atoms with Gasteiger partial charge in [0.2, 0.25) is 5.91 Å². The van der Waals surface area contributed by atoms with Crippen molar-refractivity contribution < 1.29 is 19.8 Å². The Morgan fingerprint density at radius 3 is 2.72 bits per heavy atom. The fourth-order valence-corrected chi connectivity index (χ4v) is 6.44. The van der Waals surface area contributed by atoms with Crippen molar-refractivity contribution in [2.75, 3.05) is 25.4 Å². The van der Waals surface area contributed by atoms with Crippen LogP contribution < -0.4 is 0 Å². The van der Waals surface area contributed by atoms with Gasteiger partial charge < -0.3 is 20.0 Å². The third kappa shape index (κ3) is 2.59. The topological polar surface area (TPSA) is 93.4 Å². The van der Waals surface area contributed by atoms with Crippen molar-refractivity contribution >= 4 is 40.6 Å². The van der Waals surface area contributed by atoms with Crippen LogP contribution in [0.25, 0.3) is 0 Å². The number of aliphatic carboxylic acids is 1. The van der Waals surface area contributed by atoms with Crippen molar-refractivity contribution in [3.63, 3.8) is 0 Å². The molecule has 2 saturated heterocycles. The van der Waals surface area contributed by atoms with Crippen molar-refractivity contribution in [2.45, 2.75) is 31.2 Å². The Kier molecular flexibility index (Phi) is 4.28. The third-order valence-corrected chi connectivity index (χ3v) is 7.78. The van der Waals surface area contributed by atoms with Gasteiger partial charge in [0.15, 0.2) is 5.17 Å². The van der Waals surface area contributed by atoms with Crippen LogP contribution >= 0.6 is 23.5 Å². The number of nitrogens with zero attached hydrogens (tertiary/aromatic N) is 3. The van der Waals surface area contributed by atoms with Gasteiger partial charge in [-0.1, -0.05) is 18.7 Å². The first kappa shape index (κ1) is 17.2. The Morgan fingerprint density at radius 2 is 2.16 bits per heavy atom. The van der Waals surface area contributed by atoms with Gasteiger partial charge in [-0.3, -0.25) is 9.79 Å². The quantitative estimate of drug-likeness (QED) is 0.689. The van der Waals surface area contributed by atoms with Crippen LogP contribution in [0.4, 0.5) is 0 Å². The molecular formula is C16H21N3O4S2. The molecule has 4 aliphatic heterocycles. The van der Waals surface area contributed by atoms with Crippen molar-refractivity contribution in [3.8, 4) is 0 Å². The summed E-state index contributed by atoms with van der Waals surface area (Å²) in [5.41, 5.74) is 0.121. The standard InChI is InChI=1S/C16H21N3O4S2/c1-7-11-10(8(2)20)14(21)19(11)12(15(22)23)13(7)25-9-5-18(6-9)16-17-3-4-24-16/h7-11,20H,3-6H2,1-2H3,(H,22,23)/t7-,8+,10+,11+/m0/s1. The maximum Gasteiger partial charge on any atom is 0.353 e. The number of hydrogen-bond acceptors (Lipinski definition) is 7. The minimum absolute atomic E-state index is 0.0550. The lowest BCUT2D eigenvalue weighted by Gasteiger charge is -2.46. The predicted molar refractivity (Wildman–Crippen MR) is 97.3 cm³/mol. The summed E-state index contributed by atoms with van der Waals surface area (Å²) in [7, 11) is 0. The highest BCUT2D eigenvalue weighted by atomic mass is 32.2. The van der Waals surface area contributed by atoms with Crippen LogP contribution in [0.3, 0.4) is 0 Å². The number of carboxylic acid groups (broad SMARTS) is 1. The zero-order valence-corrected chi connectivity index (χ0v) is 15.7. The molecule has 0 unspecified atom stereocenters. The number of amidine groups is 1. The molecule has 4 heterocycles. The first-order valence-corrected chi connectivity index (χ1v) is 10.3. The first-order valence-electron chi connectivity index (χ1n) is 8.47. The summed E-state index contributed by atoms with van der Waals surface area (Å²) < 4.78 is 0. The smallest absolute Gasteiger partial charge is 0.353 e. The number of aliphatic hydroxyl groups is 1. The van der Waals surface area contributed by atoms with E-state index >= 15 is 0 Å². The van der Waals surface area contributed by atoms with Gasteiger partial charge in [-0.05, 0) is 6.92 Å². The second kappa shape index (κ2) is 6.21. The lowest BCUT2D eigenvalue weighted by molar-refractivity contribution is -0.163. The van der Waals surface area contributed by atoms with E-state index in [1.165, 1.54) is 4.90 Å². The summed E-state index contributed by atoms with van der Waals surface area (Å²) >= 11 is 3.35. The molecule has 136 valence electrons. The van der Waals surface area contributed by atoms with Crippen LogP contribution in [0.2, 0.25) is 0 Å². The molecule has 4 atom stereocenters. The van der Waals surface area contributed by atoms with Gasteiger partial charge in [0, 0.05) is 34.9 Å². The molecule has 0 aromatic heterocycles. The van der Waals surface area contributed by atoms with Gasteiger partial charge in [-0.2, -0.15) is 0 Å². The number of carbonyl (C=O) groups is 2. The van der Waals surface area contributed by atoms with Crippen LogP contribution in [0, 0.1) is 11.8 Å². The summed E-state index contributed by atoms with van der Waals surface area (Å²) in [5, 5.41) is 20.9. The van der Waals surface area contributed by atoms with Crippen LogP contribution in [0.15, 0.2) is 15.6 Å². The number of carbonyl (C=O) groups excluding carboxylic acids is 1.